The van der Waals surface area contributed by atoms with Gasteiger partial charge in [-0.05, 0) is 68.6 Å². The molecule has 8 nitrogen and oxygen atoms in total. The van der Waals surface area contributed by atoms with Gasteiger partial charge in [0.25, 0.3) is 11.8 Å². The van der Waals surface area contributed by atoms with Crippen LogP contribution in [-0.4, -0.2) is 42.6 Å². The van der Waals surface area contributed by atoms with Crippen molar-refractivity contribution in [3.05, 3.63) is 52.8 Å². The van der Waals surface area contributed by atoms with Gasteiger partial charge in [0.15, 0.2) is 11.6 Å². The van der Waals surface area contributed by atoms with E-state index in [1.165, 1.54) is 13.2 Å². The first-order valence-electron chi connectivity index (χ1n) is 13.1. The zero-order valence-electron chi connectivity index (χ0n) is 22.1. The van der Waals surface area contributed by atoms with E-state index in [0.29, 0.717) is 49.0 Å². The maximum atomic E-state index is 14.8. The van der Waals surface area contributed by atoms with Gasteiger partial charge in [0, 0.05) is 12.6 Å². The minimum Gasteiger partial charge on any atom is -0.496 e. The van der Waals surface area contributed by atoms with Gasteiger partial charge in [-0.3, -0.25) is 14.4 Å². The van der Waals surface area contributed by atoms with Crippen LogP contribution in [0, 0.1) is 24.1 Å². The molecule has 2 fully saturated rings. The Balaban J connectivity index is 1.52. The number of methoxy groups -OCH3 is 1. The van der Waals surface area contributed by atoms with Crippen LogP contribution in [0.1, 0.15) is 78.1 Å². The number of aryl methyl sites for hydroxylation is 1. The Bertz CT molecular complexity index is 1220. The number of nitrogens with one attached hydrogen (secondary N) is 2. The summed E-state index contributed by atoms with van der Waals surface area (Å²) in [6, 6.07) is 7.60. The smallest absolute Gasteiger partial charge is 0.306 e. The molecule has 2 aliphatic rings. The van der Waals surface area contributed by atoms with Crippen LogP contribution in [0.5, 0.6) is 11.5 Å². The third-order valence-corrected chi connectivity index (χ3v) is 7.81. The normalized spacial score (nSPS) is 20.1. The minimum absolute atomic E-state index is 0.0272. The van der Waals surface area contributed by atoms with Gasteiger partial charge >= 0.3 is 5.97 Å². The van der Waals surface area contributed by atoms with E-state index in [0.717, 1.165) is 25.3 Å². The lowest BCUT2D eigenvalue weighted by molar-refractivity contribution is -0.143. The number of carbonyl (C=O) groups excluding carboxylic acids is 2. The van der Waals surface area contributed by atoms with Gasteiger partial charge in [-0.15, -0.1) is 0 Å². The number of carbonyl (C=O) groups is 3. The number of hydrogen-bond acceptors (Lipinski definition) is 5. The molecule has 4 rings (SSSR count). The Morgan fingerprint density at radius 1 is 1.05 bits per heavy atom. The molecule has 0 aliphatic heterocycles. The highest BCUT2D eigenvalue weighted by Gasteiger charge is 2.32. The van der Waals surface area contributed by atoms with Gasteiger partial charge in [0.1, 0.15) is 5.75 Å². The van der Waals surface area contributed by atoms with E-state index in [1.54, 1.807) is 25.1 Å². The van der Waals surface area contributed by atoms with Crippen molar-refractivity contribution in [1.82, 2.24) is 5.32 Å². The molecule has 0 heterocycles. The quantitative estimate of drug-likeness (QED) is 0.407. The first kappa shape index (κ1) is 27.4. The summed E-state index contributed by atoms with van der Waals surface area (Å²) in [5, 5.41) is 15.0. The molecule has 0 atom stereocenters. The molecule has 0 radical (unpaired) electrons. The first-order valence-corrected chi connectivity index (χ1v) is 13.1. The molecular formula is C29H35FN2O6. The van der Waals surface area contributed by atoms with E-state index < -0.39 is 23.6 Å². The van der Waals surface area contributed by atoms with Crippen molar-refractivity contribution < 1.29 is 33.4 Å². The Morgan fingerprint density at radius 3 is 2.37 bits per heavy atom. The van der Waals surface area contributed by atoms with Crippen molar-refractivity contribution >= 4 is 23.5 Å². The van der Waals surface area contributed by atoms with Crippen molar-refractivity contribution in [3.63, 3.8) is 0 Å². The third-order valence-electron chi connectivity index (χ3n) is 7.81. The summed E-state index contributed by atoms with van der Waals surface area (Å²) in [4.78, 5) is 37.7. The molecule has 0 saturated heterocycles. The van der Waals surface area contributed by atoms with Crippen molar-refractivity contribution in [3.8, 4) is 11.5 Å². The second-order valence-electron chi connectivity index (χ2n) is 10.7. The monoisotopic (exact) mass is 526 g/mol. The number of halogens is 1. The van der Waals surface area contributed by atoms with Crippen LogP contribution in [0.2, 0.25) is 0 Å². The van der Waals surface area contributed by atoms with Crippen molar-refractivity contribution in [2.24, 2.45) is 11.3 Å². The molecule has 0 spiro atoms. The summed E-state index contributed by atoms with van der Waals surface area (Å²) in [5.41, 5.74) is 1.57. The number of benzene rings is 2. The highest BCUT2D eigenvalue weighted by Crippen LogP contribution is 2.39. The number of para-hydroxylation sites is 1. The van der Waals surface area contributed by atoms with Crippen molar-refractivity contribution in [2.75, 3.05) is 19.0 Å². The predicted molar refractivity (Wildman–Crippen MR) is 140 cm³/mol. The maximum absolute atomic E-state index is 14.8. The Labute approximate surface area is 221 Å². The lowest BCUT2D eigenvalue weighted by Gasteiger charge is -2.38. The largest absolute Gasteiger partial charge is 0.496 e. The predicted octanol–water partition coefficient (Wildman–Crippen LogP) is 5.34. The second-order valence-corrected chi connectivity index (χ2v) is 10.7. The molecule has 0 bridgehead atoms. The molecule has 0 unspecified atom stereocenters. The molecule has 0 aromatic heterocycles. The average Bonchev–Trinajstić information content (AvgIpc) is 2.88. The number of ether oxygens (including phenoxy) is 2. The van der Waals surface area contributed by atoms with E-state index in [1.807, 2.05) is 0 Å². The van der Waals surface area contributed by atoms with Crippen molar-refractivity contribution in [2.45, 2.75) is 64.9 Å². The van der Waals surface area contributed by atoms with Gasteiger partial charge in [-0.1, -0.05) is 25.5 Å². The molecule has 2 aliphatic carbocycles. The lowest BCUT2D eigenvalue weighted by Crippen LogP contribution is -2.40. The fourth-order valence-corrected chi connectivity index (χ4v) is 5.13. The Hall–Kier alpha value is -3.62. The van der Waals surface area contributed by atoms with Gasteiger partial charge in [-0.2, -0.15) is 0 Å². The highest BCUT2D eigenvalue weighted by atomic mass is 19.1. The maximum Gasteiger partial charge on any atom is 0.306 e. The molecule has 38 heavy (non-hydrogen) atoms. The van der Waals surface area contributed by atoms with Crippen LogP contribution < -0.4 is 20.1 Å². The van der Waals surface area contributed by atoms with Gasteiger partial charge in [-0.25, -0.2) is 4.39 Å². The van der Waals surface area contributed by atoms with Crippen LogP contribution in [0.4, 0.5) is 10.1 Å². The number of hydrogen-bond donors (Lipinski definition) is 3. The molecule has 2 saturated carbocycles. The van der Waals surface area contributed by atoms with E-state index in [9.17, 15) is 23.9 Å². The summed E-state index contributed by atoms with van der Waals surface area (Å²) < 4.78 is 26.0. The van der Waals surface area contributed by atoms with E-state index in [4.69, 9.17) is 9.47 Å². The van der Waals surface area contributed by atoms with Gasteiger partial charge in [0.05, 0.1) is 35.9 Å². The summed E-state index contributed by atoms with van der Waals surface area (Å²) in [6.07, 6.45) is 4.79. The first-order chi connectivity index (χ1) is 18.1. The van der Waals surface area contributed by atoms with Crippen LogP contribution in [-0.2, 0) is 4.79 Å². The lowest BCUT2D eigenvalue weighted by atomic mass is 9.70. The highest BCUT2D eigenvalue weighted by molar-refractivity contribution is 6.11. The van der Waals surface area contributed by atoms with E-state index in [-0.39, 0.29) is 34.5 Å². The van der Waals surface area contributed by atoms with Gasteiger partial charge < -0.3 is 25.2 Å². The summed E-state index contributed by atoms with van der Waals surface area (Å²) in [5.74, 6) is -2.86. The SMILES string of the molecule is COc1cc(F)c(OC2CCC(C(=O)O)CC2)cc1C(=O)Nc1c(C)cccc1C(=O)NCC1(C)CCC1. The van der Waals surface area contributed by atoms with Crippen LogP contribution in [0.15, 0.2) is 30.3 Å². The van der Waals surface area contributed by atoms with E-state index in [2.05, 4.69) is 17.6 Å². The number of rotatable bonds is 9. The van der Waals surface area contributed by atoms with Crippen LogP contribution >= 0.6 is 0 Å². The number of amides is 2. The zero-order valence-corrected chi connectivity index (χ0v) is 22.1. The van der Waals surface area contributed by atoms with Crippen LogP contribution in [0.25, 0.3) is 0 Å². The summed E-state index contributed by atoms with van der Waals surface area (Å²) in [7, 11) is 1.34. The van der Waals surface area contributed by atoms with Gasteiger partial charge in [0.2, 0.25) is 0 Å². The molecule has 2 aromatic carbocycles. The average molecular weight is 527 g/mol. The standard InChI is InChI=1S/C29H35FN2O6/c1-17-6-4-7-20(26(33)31-16-29(2)12-5-13-29)25(17)32-27(34)21-14-24(22(30)15-23(21)37-3)38-19-10-8-18(9-11-19)28(35)36/h4,6-7,14-15,18-19H,5,8-13,16H2,1-3H3,(H,31,33)(H,32,34)(H,35,36). The molecule has 204 valence electrons. The zero-order chi connectivity index (χ0) is 27.4. The molecule has 9 heteroatoms. The fraction of sp³-hybridized carbons (Fsp3) is 0.483. The second kappa shape index (κ2) is 11.4. The van der Waals surface area contributed by atoms with Crippen molar-refractivity contribution in [1.29, 1.82) is 0 Å². The number of aliphatic carboxylic acids is 1. The molecular weight excluding hydrogens is 491 g/mol. The Morgan fingerprint density at radius 2 is 1.76 bits per heavy atom. The number of carboxylic acid groups (broad SMARTS) is 1. The third kappa shape index (κ3) is 6.09. The topological polar surface area (TPSA) is 114 Å². The fourth-order valence-electron chi connectivity index (χ4n) is 5.13. The number of carboxylic acids is 1. The molecule has 3 N–H and O–H groups in total. The molecule has 2 amide bonds. The van der Waals surface area contributed by atoms with E-state index >= 15 is 0 Å². The van der Waals surface area contributed by atoms with Crippen LogP contribution in [0.3, 0.4) is 0 Å². The summed E-state index contributed by atoms with van der Waals surface area (Å²) in [6.45, 7) is 4.51. The minimum atomic E-state index is -0.834. The Kier molecular flexibility index (Phi) is 8.23. The molecule has 2 aromatic rings. The summed E-state index contributed by atoms with van der Waals surface area (Å²) >= 11 is 0. The number of anilines is 1.